The van der Waals surface area contributed by atoms with Gasteiger partial charge in [-0.3, -0.25) is 14.5 Å². The third-order valence-corrected chi connectivity index (χ3v) is 2.16. The first-order valence-electron chi connectivity index (χ1n) is 4.60. The number of carbonyl (C=O) groups excluding carboxylic acids is 3. The maximum Gasteiger partial charge on any atom is 0.233 e. The second-order valence-corrected chi connectivity index (χ2v) is 3.53. The van der Waals surface area contributed by atoms with E-state index in [4.69, 9.17) is 5.73 Å². The van der Waals surface area contributed by atoms with Gasteiger partial charge in [0.15, 0.2) is 0 Å². The summed E-state index contributed by atoms with van der Waals surface area (Å²) in [4.78, 5) is 33.5. The number of carboxylic acids is 1. The van der Waals surface area contributed by atoms with E-state index in [1.54, 1.807) is 13.8 Å². The van der Waals surface area contributed by atoms with Gasteiger partial charge in [-0.25, -0.2) is 0 Å². The molecule has 0 spiro atoms. The molecule has 0 rings (SSSR count). The second kappa shape index (κ2) is 4.88. The molecule has 0 fully saturated rings. The van der Waals surface area contributed by atoms with Gasteiger partial charge in [0.25, 0.3) is 0 Å². The SMILES string of the molecule is CCC(N)(C(=O)[O-])N(C=O)C(=O)C(C)C. The molecule has 0 aliphatic carbocycles. The van der Waals surface area contributed by atoms with Crippen molar-refractivity contribution in [2.24, 2.45) is 11.7 Å². The molecule has 0 aliphatic heterocycles. The molecule has 86 valence electrons. The van der Waals surface area contributed by atoms with E-state index >= 15 is 0 Å². The van der Waals surface area contributed by atoms with Crippen molar-refractivity contribution >= 4 is 18.3 Å². The van der Waals surface area contributed by atoms with Crippen molar-refractivity contribution < 1.29 is 19.5 Å². The molecule has 0 bridgehead atoms. The smallest absolute Gasteiger partial charge is 0.233 e. The molecule has 0 aromatic rings. The van der Waals surface area contributed by atoms with Crippen molar-refractivity contribution in [1.82, 2.24) is 4.90 Å². The number of hydrogen-bond donors (Lipinski definition) is 1. The highest BCUT2D eigenvalue weighted by atomic mass is 16.4. The van der Waals surface area contributed by atoms with Crippen LogP contribution in [0.4, 0.5) is 0 Å². The van der Waals surface area contributed by atoms with E-state index in [-0.39, 0.29) is 12.8 Å². The van der Waals surface area contributed by atoms with Gasteiger partial charge in [0.2, 0.25) is 12.3 Å². The van der Waals surface area contributed by atoms with Crippen LogP contribution in [0.15, 0.2) is 0 Å². The zero-order valence-electron chi connectivity index (χ0n) is 9.02. The lowest BCUT2D eigenvalue weighted by Gasteiger charge is -2.37. The summed E-state index contributed by atoms with van der Waals surface area (Å²) in [6.07, 6.45) is 0.0220. The Labute approximate surface area is 88.0 Å². The Bertz CT molecular complexity index is 277. The summed E-state index contributed by atoms with van der Waals surface area (Å²) in [5, 5.41) is 10.8. The van der Waals surface area contributed by atoms with Crippen molar-refractivity contribution in [3.05, 3.63) is 0 Å². The molecule has 0 aromatic carbocycles. The minimum atomic E-state index is -2.07. The predicted molar refractivity (Wildman–Crippen MR) is 50.0 cm³/mol. The largest absolute Gasteiger partial charge is 0.546 e. The van der Waals surface area contributed by atoms with E-state index < -0.39 is 23.5 Å². The molecule has 2 amide bonds. The first-order chi connectivity index (χ1) is 6.81. The van der Waals surface area contributed by atoms with E-state index in [1.165, 1.54) is 6.92 Å². The Balaban J connectivity index is 5.18. The van der Waals surface area contributed by atoms with Crippen LogP contribution in [0, 0.1) is 5.92 Å². The van der Waals surface area contributed by atoms with Gasteiger partial charge >= 0.3 is 0 Å². The number of hydrogen-bond acceptors (Lipinski definition) is 5. The van der Waals surface area contributed by atoms with Crippen molar-refractivity contribution in [3.8, 4) is 0 Å². The van der Waals surface area contributed by atoms with E-state index in [0.717, 1.165) is 0 Å². The summed E-state index contributed by atoms with van der Waals surface area (Å²) in [7, 11) is 0. The predicted octanol–water partition coefficient (Wildman–Crippen LogP) is -1.56. The minimum absolute atomic E-state index is 0.105. The molecule has 0 heterocycles. The molecule has 1 atom stereocenters. The van der Waals surface area contributed by atoms with Gasteiger partial charge in [0.05, 0.1) is 5.97 Å². The lowest BCUT2D eigenvalue weighted by molar-refractivity contribution is -0.318. The molecule has 0 saturated carbocycles. The van der Waals surface area contributed by atoms with Gasteiger partial charge < -0.3 is 15.6 Å². The number of nitrogens with zero attached hydrogens (tertiary/aromatic N) is 1. The van der Waals surface area contributed by atoms with E-state index in [0.29, 0.717) is 4.90 Å². The highest BCUT2D eigenvalue weighted by molar-refractivity contribution is 5.94. The summed E-state index contributed by atoms with van der Waals surface area (Å²) in [5.41, 5.74) is 3.38. The number of nitrogens with two attached hydrogens (primary N) is 1. The molecule has 0 aromatic heterocycles. The topological polar surface area (TPSA) is 104 Å². The summed E-state index contributed by atoms with van der Waals surface area (Å²) in [6.45, 7) is 4.55. The molecule has 15 heavy (non-hydrogen) atoms. The van der Waals surface area contributed by atoms with Crippen LogP contribution in [0.1, 0.15) is 27.2 Å². The van der Waals surface area contributed by atoms with Crippen LogP contribution in [-0.4, -0.2) is 28.8 Å². The van der Waals surface area contributed by atoms with Gasteiger partial charge in [-0.15, -0.1) is 0 Å². The highest BCUT2D eigenvalue weighted by Crippen LogP contribution is 2.14. The van der Waals surface area contributed by atoms with Crippen LogP contribution in [-0.2, 0) is 14.4 Å². The molecule has 6 nitrogen and oxygen atoms in total. The number of aliphatic carboxylic acids is 1. The van der Waals surface area contributed by atoms with Crippen LogP contribution in [0.3, 0.4) is 0 Å². The minimum Gasteiger partial charge on any atom is -0.546 e. The van der Waals surface area contributed by atoms with Gasteiger partial charge in [-0.2, -0.15) is 0 Å². The quantitative estimate of drug-likeness (QED) is 0.441. The maximum atomic E-state index is 11.5. The molecule has 0 aliphatic rings. The lowest BCUT2D eigenvalue weighted by Crippen LogP contribution is -2.67. The average Bonchev–Trinajstić information content (AvgIpc) is 2.17. The van der Waals surface area contributed by atoms with Crippen LogP contribution in [0.25, 0.3) is 0 Å². The highest BCUT2D eigenvalue weighted by Gasteiger charge is 2.36. The van der Waals surface area contributed by atoms with Gasteiger partial charge in [0, 0.05) is 5.92 Å². The Morgan fingerprint density at radius 2 is 2.00 bits per heavy atom. The number of carboxylic acid groups (broad SMARTS) is 1. The van der Waals surface area contributed by atoms with Crippen LogP contribution < -0.4 is 10.8 Å². The Kier molecular flexibility index (Phi) is 4.41. The third-order valence-electron chi connectivity index (χ3n) is 2.16. The normalized spacial score (nSPS) is 14.5. The molecule has 0 saturated heterocycles. The fourth-order valence-corrected chi connectivity index (χ4v) is 1.03. The fourth-order valence-electron chi connectivity index (χ4n) is 1.03. The monoisotopic (exact) mass is 215 g/mol. The first-order valence-corrected chi connectivity index (χ1v) is 4.60. The van der Waals surface area contributed by atoms with Crippen LogP contribution in [0.2, 0.25) is 0 Å². The second-order valence-electron chi connectivity index (χ2n) is 3.53. The molecule has 0 radical (unpaired) electrons. The summed E-state index contributed by atoms with van der Waals surface area (Å²) >= 11 is 0. The van der Waals surface area contributed by atoms with Crippen LogP contribution >= 0.6 is 0 Å². The van der Waals surface area contributed by atoms with Gasteiger partial charge in [0.1, 0.15) is 5.66 Å². The van der Waals surface area contributed by atoms with E-state index in [2.05, 4.69) is 0 Å². The average molecular weight is 215 g/mol. The summed E-state index contributed by atoms with van der Waals surface area (Å²) < 4.78 is 0. The number of carbonyl (C=O) groups is 3. The Morgan fingerprint density at radius 3 is 2.20 bits per heavy atom. The zero-order chi connectivity index (χ0) is 12.2. The number of amides is 2. The fraction of sp³-hybridized carbons (Fsp3) is 0.667. The van der Waals surface area contributed by atoms with Gasteiger partial charge in [-0.05, 0) is 6.42 Å². The number of imide groups is 1. The third kappa shape index (κ3) is 2.53. The van der Waals surface area contributed by atoms with Crippen molar-refractivity contribution in [1.29, 1.82) is 0 Å². The lowest BCUT2D eigenvalue weighted by atomic mass is 10.0. The first kappa shape index (κ1) is 13.6. The van der Waals surface area contributed by atoms with E-state index in [9.17, 15) is 19.5 Å². The molecular formula is C9H15N2O4-. The van der Waals surface area contributed by atoms with E-state index in [1.807, 2.05) is 0 Å². The molecule has 1 unspecified atom stereocenters. The molecule has 2 N–H and O–H groups in total. The Hall–Kier alpha value is -1.43. The van der Waals surface area contributed by atoms with Crippen molar-refractivity contribution in [2.45, 2.75) is 32.9 Å². The van der Waals surface area contributed by atoms with Gasteiger partial charge in [-0.1, -0.05) is 20.8 Å². The standard InChI is InChI=1S/C9H16N2O4/c1-4-9(10,8(14)15)11(5-12)7(13)6(2)3/h5-6H,4,10H2,1-3H3,(H,14,15)/p-1. The van der Waals surface area contributed by atoms with Crippen LogP contribution in [0.5, 0.6) is 0 Å². The van der Waals surface area contributed by atoms with Crippen molar-refractivity contribution in [3.63, 3.8) is 0 Å². The molecule has 6 heteroatoms. The summed E-state index contributed by atoms with van der Waals surface area (Å²) in [5.74, 6) is -2.80. The van der Waals surface area contributed by atoms with Crippen molar-refractivity contribution in [2.75, 3.05) is 0 Å². The summed E-state index contributed by atoms with van der Waals surface area (Å²) in [6, 6.07) is 0. The maximum absolute atomic E-state index is 11.5. The Morgan fingerprint density at radius 1 is 1.53 bits per heavy atom. The number of rotatable bonds is 5. The molecular weight excluding hydrogens is 200 g/mol. The zero-order valence-corrected chi connectivity index (χ0v) is 9.02.